The number of nitrogens with one attached hydrogen (secondary N) is 3. The molecule has 0 aliphatic heterocycles. The van der Waals surface area contributed by atoms with E-state index in [-0.39, 0.29) is 31.6 Å². The lowest BCUT2D eigenvalue weighted by Gasteiger charge is -2.26. The van der Waals surface area contributed by atoms with Gasteiger partial charge in [0.1, 0.15) is 18.1 Å². The first-order chi connectivity index (χ1) is 17.8. The second-order valence-corrected chi connectivity index (χ2v) is 9.06. The predicted molar refractivity (Wildman–Crippen MR) is 136 cm³/mol. The van der Waals surface area contributed by atoms with E-state index in [0.29, 0.717) is 12.0 Å². The Kier molecular flexibility index (Phi) is 13.5. The van der Waals surface area contributed by atoms with E-state index in [4.69, 9.17) is 16.6 Å². The summed E-state index contributed by atoms with van der Waals surface area (Å²) < 4.78 is 0. The van der Waals surface area contributed by atoms with Crippen molar-refractivity contribution in [1.82, 2.24) is 16.0 Å². The summed E-state index contributed by atoms with van der Waals surface area (Å²) in [5.41, 5.74) is 11.8. The van der Waals surface area contributed by atoms with E-state index in [2.05, 4.69) is 16.0 Å². The molecule has 0 aliphatic rings. The molecule has 5 atom stereocenters. The first kappa shape index (κ1) is 32.0. The second kappa shape index (κ2) is 16.0. The van der Waals surface area contributed by atoms with Crippen molar-refractivity contribution in [3.63, 3.8) is 0 Å². The molecule has 1 aromatic rings. The smallest absolute Gasteiger partial charge is 0.326 e. The monoisotopic (exact) mass is 535 g/mol. The maximum absolute atomic E-state index is 13.1. The molecule has 0 aliphatic carbocycles. The second-order valence-electron chi connectivity index (χ2n) is 9.06. The fourth-order valence-electron chi connectivity index (χ4n) is 3.47. The molecule has 0 radical (unpaired) electrons. The molecule has 0 spiro atoms. The number of rotatable bonds is 17. The molecule has 0 aromatic heterocycles. The predicted octanol–water partition coefficient (Wildman–Crippen LogP) is -0.728. The van der Waals surface area contributed by atoms with Gasteiger partial charge in [-0.2, -0.15) is 0 Å². The molecule has 0 heterocycles. The minimum atomic E-state index is -1.39. The van der Waals surface area contributed by atoms with Crippen LogP contribution in [0.25, 0.3) is 0 Å². The number of hydrogen-bond acceptors (Lipinski definition) is 7. The summed E-state index contributed by atoms with van der Waals surface area (Å²) in [6, 6.07) is 3.52. The van der Waals surface area contributed by atoms with Crippen LogP contribution in [0.3, 0.4) is 0 Å². The molecule has 0 saturated carbocycles. The molecule has 0 fully saturated rings. The lowest BCUT2D eigenvalue weighted by Crippen LogP contribution is -2.58. The Bertz CT molecular complexity index is 987. The van der Waals surface area contributed by atoms with Crippen molar-refractivity contribution in [2.75, 3.05) is 0 Å². The van der Waals surface area contributed by atoms with Gasteiger partial charge >= 0.3 is 11.9 Å². The largest absolute Gasteiger partial charge is 0.481 e. The summed E-state index contributed by atoms with van der Waals surface area (Å²) in [6.45, 7) is 3.58. The maximum Gasteiger partial charge on any atom is 0.326 e. The molecule has 1 rings (SSSR count). The first-order valence-corrected chi connectivity index (χ1v) is 12.3. The average Bonchev–Trinajstić information content (AvgIpc) is 2.87. The first-order valence-electron chi connectivity index (χ1n) is 12.3. The molecule has 4 amide bonds. The Balaban J connectivity index is 3.08. The Labute approximate surface area is 220 Å². The van der Waals surface area contributed by atoms with Gasteiger partial charge in [0.25, 0.3) is 0 Å². The SMILES string of the molecule is CCC(C)C(N)C(=O)NC(CCC(=O)O)C(=O)NC(CCC(N)=O)C(=O)NC(Cc1ccccc1)C(=O)O. The van der Waals surface area contributed by atoms with Crippen molar-refractivity contribution in [2.24, 2.45) is 17.4 Å². The number of carbonyl (C=O) groups excluding carboxylic acids is 4. The number of aliphatic carboxylic acids is 2. The number of primary amides is 1. The highest BCUT2D eigenvalue weighted by atomic mass is 16.4. The van der Waals surface area contributed by atoms with Gasteiger partial charge < -0.3 is 37.6 Å². The van der Waals surface area contributed by atoms with Crippen LogP contribution in [0.1, 0.15) is 51.5 Å². The highest BCUT2D eigenvalue weighted by molar-refractivity contribution is 5.94. The van der Waals surface area contributed by atoms with Gasteiger partial charge in [0.05, 0.1) is 6.04 Å². The molecule has 13 heteroatoms. The molecule has 38 heavy (non-hydrogen) atoms. The van der Waals surface area contributed by atoms with Crippen LogP contribution in [0.15, 0.2) is 30.3 Å². The highest BCUT2D eigenvalue weighted by Gasteiger charge is 2.31. The van der Waals surface area contributed by atoms with Gasteiger partial charge in [0, 0.05) is 19.3 Å². The van der Waals surface area contributed by atoms with Crippen LogP contribution in [-0.4, -0.2) is 69.9 Å². The van der Waals surface area contributed by atoms with Gasteiger partial charge in [0.2, 0.25) is 23.6 Å². The third-order valence-electron chi connectivity index (χ3n) is 6.05. The number of carbonyl (C=O) groups is 6. The molecule has 9 N–H and O–H groups in total. The molecule has 0 bridgehead atoms. The van der Waals surface area contributed by atoms with E-state index in [1.165, 1.54) is 0 Å². The third-order valence-corrected chi connectivity index (χ3v) is 6.05. The Morgan fingerprint density at radius 2 is 1.32 bits per heavy atom. The van der Waals surface area contributed by atoms with Crippen LogP contribution in [0, 0.1) is 5.92 Å². The minimum absolute atomic E-state index is 0.0385. The molecule has 0 saturated heterocycles. The minimum Gasteiger partial charge on any atom is -0.481 e. The van der Waals surface area contributed by atoms with E-state index in [1.807, 2.05) is 6.92 Å². The zero-order valence-electron chi connectivity index (χ0n) is 21.5. The van der Waals surface area contributed by atoms with E-state index in [0.717, 1.165) is 0 Å². The summed E-state index contributed by atoms with van der Waals surface area (Å²) in [4.78, 5) is 72.9. The zero-order chi connectivity index (χ0) is 28.8. The lowest BCUT2D eigenvalue weighted by atomic mass is 9.98. The highest BCUT2D eigenvalue weighted by Crippen LogP contribution is 2.09. The Morgan fingerprint density at radius 3 is 1.79 bits per heavy atom. The van der Waals surface area contributed by atoms with E-state index < -0.39 is 66.2 Å². The number of carboxylic acid groups (broad SMARTS) is 2. The maximum atomic E-state index is 13.1. The van der Waals surface area contributed by atoms with Crippen molar-refractivity contribution in [3.05, 3.63) is 35.9 Å². The van der Waals surface area contributed by atoms with Crippen molar-refractivity contribution >= 4 is 35.6 Å². The third kappa shape index (κ3) is 11.4. The Hall–Kier alpha value is -4.00. The van der Waals surface area contributed by atoms with Crippen molar-refractivity contribution in [2.45, 2.75) is 76.5 Å². The summed E-state index contributed by atoms with van der Waals surface area (Å²) in [5.74, 6) is -5.95. The summed E-state index contributed by atoms with van der Waals surface area (Å²) in [6.07, 6.45) is -0.771. The van der Waals surface area contributed by atoms with Gasteiger partial charge in [-0.25, -0.2) is 4.79 Å². The van der Waals surface area contributed by atoms with Crippen LogP contribution >= 0.6 is 0 Å². The molecule has 5 unspecified atom stereocenters. The van der Waals surface area contributed by atoms with Crippen molar-refractivity contribution in [3.8, 4) is 0 Å². The standard InChI is InChI=1S/C25H37N5O8/c1-3-14(2)21(27)24(36)29-17(10-12-20(32)33)22(34)28-16(9-11-19(26)31)23(35)30-18(25(37)38)13-15-7-5-4-6-8-15/h4-8,14,16-18,21H,3,9-13,27H2,1-2H3,(H2,26,31)(H,28,34)(H,29,36)(H,30,35)(H,32,33)(H,37,38). The van der Waals surface area contributed by atoms with Crippen LogP contribution in [-0.2, 0) is 35.2 Å². The lowest BCUT2D eigenvalue weighted by molar-refractivity contribution is -0.142. The summed E-state index contributed by atoms with van der Waals surface area (Å²) in [7, 11) is 0. The molecule has 13 nitrogen and oxygen atoms in total. The van der Waals surface area contributed by atoms with Crippen LogP contribution in [0.5, 0.6) is 0 Å². The number of nitrogens with two attached hydrogens (primary N) is 2. The number of benzene rings is 1. The Morgan fingerprint density at radius 1 is 0.816 bits per heavy atom. The zero-order valence-corrected chi connectivity index (χ0v) is 21.5. The number of amides is 4. The van der Waals surface area contributed by atoms with Crippen LogP contribution in [0.2, 0.25) is 0 Å². The quantitative estimate of drug-likeness (QED) is 0.133. The van der Waals surface area contributed by atoms with Gasteiger partial charge in [-0.05, 0) is 24.3 Å². The van der Waals surface area contributed by atoms with Gasteiger partial charge in [-0.3, -0.25) is 24.0 Å². The van der Waals surface area contributed by atoms with E-state index in [9.17, 15) is 33.9 Å². The molecule has 210 valence electrons. The average molecular weight is 536 g/mol. The molecule has 1 aromatic carbocycles. The fraction of sp³-hybridized carbons (Fsp3) is 0.520. The summed E-state index contributed by atoms with van der Waals surface area (Å²) >= 11 is 0. The van der Waals surface area contributed by atoms with Crippen molar-refractivity contribution < 1.29 is 39.0 Å². The molecular formula is C25H37N5O8. The normalized spacial score (nSPS) is 14.7. The molecular weight excluding hydrogens is 498 g/mol. The van der Waals surface area contributed by atoms with Crippen LogP contribution in [0.4, 0.5) is 0 Å². The fourth-order valence-corrected chi connectivity index (χ4v) is 3.47. The van der Waals surface area contributed by atoms with E-state index in [1.54, 1.807) is 37.3 Å². The van der Waals surface area contributed by atoms with Gasteiger partial charge in [-0.1, -0.05) is 50.6 Å². The summed E-state index contributed by atoms with van der Waals surface area (Å²) in [5, 5.41) is 25.8. The topological polar surface area (TPSA) is 231 Å². The van der Waals surface area contributed by atoms with Crippen LogP contribution < -0.4 is 27.4 Å². The van der Waals surface area contributed by atoms with E-state index >= 15 is 0 Å². The van der Waals surface area contributed by atoms with Gasteiger partial charge in [-0.15, -0.1) is 0 Å². The number of hydrogen-bond donors (Lipinski definition) is 7. The number of carboxylic acids is 2. The van der Waals surface area contributed by atoms with Gasteiger partial charge in [0.15, 0.2) is 0 Å². The van der Waals surface area contributed by atoms with Crippen molar-refractivity contribution in [1.29, 1.82) is 0 Å².